The topological polar surface area (TPSA) is 81.1 Å². The summed E-state index contributed by atoms with van der Waals surface area (Å²) in [4.78, 5) is 18.7. The number of rotatable bonds is 4. The van der Waals surface area contributed by atoms with Crippen molar-refractivity contribution in [3.05, 3.63) is 22.3 Å². The monoisotopic (exact) mass is 391 g/mol. The molecule has 2 saturated heterocycles. The summed E-state index contributed by atoms with van der Waals surface area (Å²) < 4.78 is 0.813. The molecule has 0 aromatic carbocycles. The summed E-state index contributed by atoms with van der Waals surface area (Å²) in [5.74, 6) is 1.25. The Labute approximate surface area is 150 Å². The number of carbonyl (C=O) groups is 1. The standard InChI is InChI=1S/C17H22BrN5O/c18-14-7-13(8-19)16(21-10-14)23-6-2-3-12(11-23)9-22-17(24)15-4-1-5-20-15/h7,10,12,15,20H,1-6,9,11H2,(H,22,24). The van der Waals surface area contributed by atoms with Gasteiger partial charge >= 0.3 is 0 Å². The van der Waals surface area contributed by atoms with Crippen molar-refractivity contribution in [1.82, 2.24) is 15.6 Å². The molecular weight excluding hydrogens is 370 g/mol. The molecule has 0 bridgehead atoms. The van der Waals surface area contributed by atoms with Crippen molar-refractivity contribution >= 4 is 27.7 Å². The minimum absolute atomic E-state index is 0.0250. The van der Waals surface area contributed by atoms with E-state index in [4.69, 9.17) is 0 Å². The van der Waals surface area contributed by atoms with Gasteiger partial charge in [-0.2, -0.15) is 5.26 Å². The van der Waals surface area contributed by atoms with Crippen LogP contribution in [0.5, 0.6) is 0 Å². The van der Waals surface area contributed by atoms with E-state index < -0.39 is 0 Å². The molecule has 3 rings (SSSR count). The Hall–Kier alpha value is -1.65. The van der Waals surface area contributed by atoms with E-state index in [1.165, 1.54) is 0 Å². The first kappa shape index (κ1) is 17.2. The lowest BCUT2D eigenvalue weighted by atomic mass is 9.97. The first-order valence-electron chi connectivity index (χ1n) is 8.49. The maximum absolute atomic E-state index is 12.1. The van der Waals surface area contributed by atoms with Crippen LogP contribution in [0.25, 0.3) is 0 Å². The normalized spacial score (nSPS) is 23.8. The summed E-state index contributed by atoms with van der Waals surface area (Å²) in [6, 6.07) is 4.00. The number of carbonyl (C=O) groups excluding carboxylic acids is 1. The molecule has 1 aromatic heterocycles. The molecule has 2 aliphatic heterocycles. The lowest BCUT2D eigenvalue weighted by Crippen LogP contribution is -2.45. The van der Waals surface area contributed by atoms with Crippen LogP contribution >= 0.6 is 15.9 Å². The summed E-state index contributed by atoms with van der Waals surface area (Å²) >= 11 is 3.36. The number of piperidine rings is 1. The molecule has 6 nitrogen and oxygen atoms in total. The summed E-state index contributed by atoms with van der Waals surface area (Å²) in [5.41, 5.74) is 0.587. The van der Waals surface area contributed by atoms with Crippen LogP contribution in [0.3, 0.4) is 0 Å². The maximum Gasteiger partial charge on any atom is 0.237 e. The Kier molecular flexibility index (Phi) is 5.69. The van der Waals surface area contributed by atoms with Gasteiger partial charge in [0, 0.05) is 30.3 Å². The molecule has 24 heavy (non-hydrogen) atoms. The zero-order valence-electron chi connectivity index (χ0n) is 13.6. The fraction of sp³-hybridized carbons (Fsp3) is 0.588. The number of nitrogens with one attached hydrogen (secondary N) is 2. The van der Waals surface area contributed by atoms with Crippen LogP contribution in [-0.2, 0) is 4.79 Å². The van der Waals surface area contributed by atoms with Gasteiger partial charge in [0.1, 0.15) is 11.9 Å². The van der Waals surface area contributed by atoms with Crippen molar-refractivity contribution in [1.29, 1.82) is 5.26 Å². The number of anilines is 1. The molecule has 3 heterocycles. The van der Waals surface area contributed by atoms with Gasteiger partial charge in [0.2, 0.25) is 5.91 Å². The summed E-state index contributed by atoms with van der Waals surface area (Å²) in [7, 11) is 0. The number of halogens is 1. The van der Waals surface area contributed by atoms with E-state index >= 15 is 0 Å². The minimum Gasteiger partial charge on any atom is -0.355 e. The third-order valence-electron chi connectivity index (χ3n) is 4.71. The van der Waals surface area contributed by atoms with Gasteiger partial charge in [-0.05, 0) is 60.1 Å². The third kappa shape index (κ3) is 4.05. The molecule has 1 aromatic rings. The molecule has 2 N–H and O–H groups in total. The van der Waals surface area contributed by atoms with Crippen LogP contribution in [0.2, 0.25) is 0 Å². The summed E-state index contributed by atoms with van der Waals surface area (Å²) in [6.45, 7) is 3.34. The molecule has 2 aliphatic rings. The highest BCUT2D eigenvalue weighted by atomic mass is 79.9. The van der Waals surface area contributed by atoms with E-state index in [1.807, 2.05) is 0 Å². The quantitative estimate of drug-likeness (QED) is 0.817. The second-order valence-corrected chi connectivity index (χ2v) is 7.40. The van der Waals surface area contributed by atoms with Crippen molar-refractivity contribution in [3.63, 3.8) is 0 Å². The first-order valence-corrected chi connectivity index (χ1v) is 9.28. The lowest BCUT2D eigenvalue weighted by Gasteiger charge is -2.34. The fourth-order valence-electron chi connectivity index (χ4n) is 3.47. The highest BCUT2D eigenvalue weighted by Crippen LogP contribution is 2.26. The second-order valence-electron chi connectivity index (χ2n) is 6.48. The number of nitrogens with zero attached hydrogens (tertiary/aromatic N) is 3. The number of amides is 1. The molecular formula is C17H22BrN5O. The Bertz CT molecular complexity index is 638. The number of hydrogen-bond acceptors (Lipinski definition) is 5. The molecule has 0 aliphatic carbocycles. The smallest absolute Gasteiger partial charge is 0.237 e. The predicted molar refractivity (Wildman–Crippen MR) is 95.6 cm³/mol. The highest BCUT2D eigenvalue weighted by Gasteiger charge is 2.26. The molecule has 128 valence electrons. The maximum atomic E-state index is 12.1. The van der Waals surface area contributed by atoms with Gasteiger partial charge in [-0.25, -0.2) is 4.98 Å². The molecule has 0 saturated carbocycles. The van der Waals surface area contributed by atoms with Gasteiger partial charge in [0.15, 0.2) is 0 Å². The predicted octanol–water partition coefficient (Wildman–Crippen LogP) is 1.80. The minimum atomic E-state index is -0.0250. The van der Waals surface area contributed by atoms with Crippen molar-refractivity contribution < 1.29 is 4.79 Å². The summed E-state index contributed by atoms with van der Waals surface area (Å²) in [6.07, 6.45) is 5.86. The van der Waals surface area contributed by atoms with Crippen LogP contribution < -0.4 is 15.5 Å². The highest BCUT2D eigenvalue weighted by molar-refractivity contribution is 9.10. The van der Waals surface area contributed by atoms with Gasteiger partial charge in [-0.1, -0.05) is 0 Å². The molecule has 2 fully saturated rings. The van der Waals surface area contributed by atoms with Gasteiger partial charge in [-0.15, -0.1) is 0 Å². The van der Waals surface area contributed by atoms with E-state index in [9.17, 15) is 10.1 Å². The van der Waals surface area contributed by atoms with Crippen LogP contribution in [-0.4, -0.2) is 43.1 Å². The average Bonchev–Trinajstić information content (AvgIpc) is 3.14. The lowest BCUT2D eigenvalue weighted by molar-refractivity contribution is -0.122. The first-order chi connectivity index (χ1) is 11.7. The molecule has 7 heteroatoms. The number of aromatic nitrogens is 1. The van der Waals surface area contributed by atoms with E-state index in [1.54, 1.807) is 12.3 Å². The number of pyridine rings is 1. The Morgan fingerprint density at radius 3 is 3.12 bits per heavy atom. The Morgan fingerprint density at radius 2 is 2.38 bits per heavy atom. The van der Waals surface area contributed by atoms with E-state index in [2.05, 4.69) is 42.5 Å². The van der Waals surface area contributed by atoms with Crippen molar-refractivity contribution in [2.45, 2.75) is 31.7 Å². The largest absolute Gasteiger partial charge is 0.355 e. The zero-order chi connectivity index (χ0) is 16.9. The average molecular weight is 392 g/mol. The van der Waals surface area contributed by atoms with Gasteiger partial charge in [0.25, 0.3) is 0 Å². The van der Waals surface area contributed by atoms with E-state index in [0.717, 1.165) is 55.6 Å². The van der Waals surface area contributed by atoms with Crippen LogP contribution in [0.15, 0.2) is 16.7 Å². The van der Waals surface area contributed by atoms with E-state index in [0.29, 0.717) is 18.0 Å². The molecule has 0 radical (unpaired) electrons. The van der Waals surface area contributed by atoms with Crippen LogP contribution in [0, 0.1) is 17.2 Å². The SMILES string of the molecule is N#Cc1cc(Br)cnc1N1CCCC(CNC(=O)C2CCCN2)C1. The van der Waals surface area contributed by atoms with Crippen LogP contribution in [0.4, 0.5) is 5.82 Å². The Balaban J connectivity index is 1.58. The molecule has 2 unspecified atom stereocenters. The van der Waals surface area contributed by atoms with E-state index in [-0.39, 0.29) is 11.9 Å². The van der Waals surface area contributed by atoms with Crippen molar-refractivity contribution in [2.24, 2.45) is 5.92 Å². The zero-order valence-corrected chi connectivity index (χ0v) is 15.2. The van der Waals surface area contributed by atoms with Crippen molar-refractivity contribution in [2.75, 3.05) is 31.1 Å². The summed E-state index contributed by atoms with van der Waals surface area (Å²) in [5, 5.41) is 15.6. The van der Waals surface area contributed by atoms with Gasteiger partial charge < -0.3 is 15.5 Å². The Morgan fingerprint density at radius 1 is 1.50 bits per heavy atom. The van der Waals surface area contributed by atoms with Crippen molar-refractivity contribution in [3.8, 4) is 6.07 Å². The fourth-order valence-corrected chi connectivity index (χ4v) is 3.80. The molecule has 2 atom stereocenters. The molecule has 0 spiro atoms. The second kappa shape index (κ2) is 7.95. The van der Waals surface area contributed by atoms with Gasteiger partial charge in [0.05, 0.1) is 11.6 Å². The molecule has 1 amide bonds. The van der Waals surface area contributed by atoms with Crippen LogP contribution in [0.1, 0.15) is 31.2 Å². The third-order valence-corrected chi connectivity index (χ3v) is 5.15. The van der Waals surface area contributed by atoms with Gasteiger partial charge in [-0.3, -0.25) is 4.79 Å². The number of hydrogen-bond donors (Lipinski definition) is 2. The number of nitriles is 1.